The van der Waals surface area contributed by atoms with Gasteiger partial charge in [-0.3, -0.25) is 4.90 Å². The maximum Gasteiger partial charge on any atom is 0.414 e. The van der Waals surface area contributed by atoms with Crippen molar-refractivity contribution < 1.29 is 24.5 Å². The summed E-state index contributed by atoms with van der Waals surface area (Å²) in [5.41, 5.74) is 2.63. The minimum atomic E-state index is -1.82. The van der Waals surface area contributed by atoms with Crippen LogP contribution in [-0.4, -0.2) is 40.1 Å². The third-order valence-electron chi connectivity index (χ3n) is 4.21. The van der Waals surface area contributed by atoms with Gasteiger partial charge in [0.05, 0.1) is 0 Å². The van der Waals surface area contributed by atoms with Gasteiger partial charge in [-0.1, -0.05) is 48.9 Å². The maximum absolute atomic E-state index is 9.10. The third-order valence-corrected chi connectivity index (χ3v) is 4.21. The second-order valence-corrected chi connectivity index (χ2v) is 6.37. The average Bonchev–Trinajstić information content (AvgIpc) is 2.69. The summed E-state index contributed by atoms with van der Waals surface area (Å²) in [5.74, 6) is -2.72. The SMILES string of the molecule is O=C(O)C(=O)O.c1ccc(OCc2ccc(CN3CCCCC3)cc2)cc1. The minimum Gasteiger partial charge on any atom is -0.489 e. The van der Waals surface area contributed by atoms with Gasteiger partial charge in [0.2, 0.25) is 0 Å². The van der Waals surface area contributed by atoms with Crippen LogP contribution in [0.15, 0.2) is 54.6 Å². The van der Waals surface area contributed by atoms with Crippen molar-refractivity contribution in [1.29, 1.82) is 0 Å². The summed E-state index contributed by atoms with van der Waals surface area (Å²) in [4.78, 5) is 20.8. The Morgan fingerprint density at radius 1 is 0.815 bits per heavy atom. The van der Waals surface area contributed by atoms with Crippen LogP contribution in [0.1, 0.15) is 30.4 Å². The number of piperidine rings is 1. The number of hydrogen-bond acceptors (Lipinski definition) is 4. The summed E-state index contributed by atoms with van der Waals surface area (Å²) in [6.45, 7) is 4.21. The molecule has 1 heterocycles. The predicted molar refractivity (Wildman–Crippen MR) is 102 cm³/mol. The molecule has 0 saturated carbocycles. The Morgan fingerprint density at radius 3 is 1.93 bits per heavy atom. The summed E-state index contributed by atoms with van der Waals surface area (Å²) in [6, 6.07) is 18.8. The summed E-state index contributed by atoms with van der Waals surface area (Å²) < 4.78 is 5.77. The standard InChI is InChI=1S/C19H23NO.C2H2O4/c1-3-7-19(8-4-1)21-16-18-11-9-17(10-12-18)15-20-13-5-2-6-14-20;3-1(4)2(5)6/h1,3-4,7-12H,2,5-6,13-16H2;(H,3,4)(H,5,6). The van der Waals surface area contributed by atoms with Crippen LogP contribution in [0.2, 0.25) is 0 Å². The van der Waals surface area contributed by atoms with E-state index in [0.717, 1.165) is 12.3 Å². The zero-order valence-electron chi connectivity index (χ0n) is 15.2. The quantitative estimate of drug-likeness (QED) is 0.783. The van der Waals surface area contributed by atoms with Crippen molar-refractivity contribution in [1.82, 2.24) is 4.90 Å². The molecule has 6 nitrogen and oxygen atoms in total. The first-order valence-electron chi connectivity index (χ1n) is 8.99. The zero-order chi connectivity index (χ0) is 19.5. The summed E-state index contributed by atoms with van der Waals surface area (Å²) >= 11 is 0. The largest absolute Gasteiger partial charge is 0.489 e. The van der Waals surface area contributed by atoms with Gasteiger partial charge in [0.25, 0.3) is 0 Å². The number of para-hydroxylation sites is 1. The lowest BCUT2D eigenvalue weighted by molar-refractivity contribution is -0.159. The van der Waals surface area contributed by atoms with Crippen molar-refractivity contribution in [3.63, 3.8) is 0 Å². The van der Waals surface area contributed by atoms with Crippen molar-refractivity contribution in [2.45, 2.75) is 32.4 Å². The highest BCUT2D eigenvalue weighted by atomic mass is 16.5. The molecule has 1 aliphatic heterocycles. The van der Waals surface area contributed by atoms with Crippen molar-refractivity contribution in [3.05, 3.63) is 65.7 Å². The lowest BCUT2D eigenvalue weighted by Crippen LogP contribution is -2.29. The van der Waals surface area contributed by atoms with E-state index in [2.05, 4.69) is 29.2 Å². The van der Waals surface area contributed by atoms with E-state index in [4.69, 9.17) is 24.5 Å². The number of carbonyl (C=O) groups is 2. The Morgan fingerprint density at radius 2 is 1.37 bits per heavy atom. The fraction of sp³-hybridized carbons (Fsp3) is 0.333. The van der Waals surface area contributed by atoms with Gasteiger partial charge >= 0.3 is 11.9 Å². The Hall–Kier alpha value is -2.86. The van der Waals surface area contributed by atoms with E-state index in [1.807, 2.05) is 30.3 Å². The molecule has 0 aliphatic carbocycles. The molecule has 144 valence electrons. The minimum absolute atomic E-state index is 0.633. The van der Waals surface area contributed by atoms with E-state index >= 15 is 0 Å². The number of carboxylic acids is 2. The molecule has 2 N–H and O–H groups in total. The van der Waals surface area contributed by atoms with E-state index < -0.39 is 11.9 Å². The molecule has 0 spiro atoms. The Balaban J connectivity index is 0.000000380. The number of hydrogen-bond donors (Lipinski definition) is 2. The van der Waals surface area contributed by atoms with Crippen LogP contribution < -0.4 is 4.74 Å². The van der Waals surface area contributed by atoms with Crippen LogP contribution in [0, 0.1) is 0 Å². The topological polar surface area (TPSA) is 87.1 Å². The fourth-order valence-electron chi connectivity index (χ4n) is 2.80. The van der Waals surface area contributed by atoms with Crippen molar-refractivity contribution >= 4 is 11.9 Å². The Kier molecular flexibility index (Phi) is 8.32. The monoisotopic (exact) mass is 371 g/mol. The fourth-order valence-corrected chi connectivity index (χ4v) is 2.80. The molecule has 0 radical (unpaired) electrons. The van der Waals surface area contributed by atoms with Gasteiger partial charge in [0.1, 0.15) is 12.4 Å². The zero-order valence-corrected chi connectivity index (χ0v) is 15.2. The van der Waals surface area contributed by atoms with E-state index in [9.17, 15) is 0 Å². The summed E-state index contributed by atoms with van der Waals surface area (Å²) in [6.07, 6.45) is 4.10. The smallest absolute Gasteiger partial charge is 0.414 e. The molecule has 0 unspecified atom stereocenters. The van der Waals surface area contributed by atoms with Crippen LogP contribution >= 0.6 is 0 Å². The number of aliphatic carboxylic acids is 2. The van der Waals surface area contributed by atoms with Gasteiger partial charge in [-0.15, -0.1) is 0 Å². The van der Waals surface area contributed by atoms with E-state index in [1.54, 1.807) is 0 Å². The third kappa shape index (κ3) is 7.92. The maximum atomic E-state index is 9.10. The van der Waals surface area contributed by atoms with Gasteiger partial charge in [0.15, 0.2) is 0 Å². The normalized spacial score (nSPS) is 13.9. The molecule has 6 heteroatoms. The van der Waals surface area contributed by atoms with E-state index in [-0.39, 0.29) is 0 Å². The molecule has 1 aliphatic rings. The van der Waals surface area contributed by atoms with E-state index in [1.165, 1.54) is 43.5 Å². The number of ether oxygens (including phenoxy) is 1. The highest BCUT2D eigenvalue weighted by Gasteiger charge is 2.10. The highest BCUT2D eigenvalue weighted by Crippen LogP contribution is 2.15. The second kappa shape index (κ2) is 11.0. The van der Waals surface area contributed by atoms with Crippen LogP contribution in [0.25, 0.3) is 0 Å². The van der Waals surface area contributed by atoms with Crippen LogP contribution in [0.3, 0.4) is 0 Å². The molecule has 1 fully saturated rings. The first-order chi connectivity index (χ1) is 13.0. The van der Waals surface area contributed by atoms with Crippen molar-refractivity contribution in [2.24, 2.45) is 0 Å². The van der Waals surface area contributed by atoms with Crippen LogP contribution in [0.4, 0.5) is 0 Å². The summed E-state index contributed by atoms with van der Waals surface area (Å²) in [7, 11) is 0. The van der Waals surface area contributed by atoms with E-state index in [0.29, 0.717) is 6.61 Å². The predicted octanol–water partition coefficient (Wildman–Crippen LogP) is 3.41. The average molecular weight is 371 g/mol. The molecule has 2 aromatic rings. The number of carboxylic acid groups (broad SMARTS) is 2. The molecule has 3 rings (SSSR count). The van der Waals surface area contributed by atoms with Gasteiger partial charge in [0, 0.05) is 6.54 Å². The number of likely N-dealkylation sites (tertiary alicyclic amines) is 1. The molecule has 2 aromatic carbocycles. The number of rotatable bonds is 5. The van der Waals surface area contributed by atoms with Crippen LogP contribution in [0.5, 0.6) is 5.75 Å². The van der Waals surface area contributed by atoms with Gasteiger partial charge in [-0.2, -0.15) is 0 Å². The Bertz CT molecular complexity index is 697. The molecule has 1 saturated heterocycles. The van der Waals surface area contributed by atoms with Crippen molar-refractivity contribution in [3.8, 4) is 5.75 Å². The first kappa shape index (κ1) is 20.5. The van der Waals surface area contributed by atoms with Crippen molar-refractivity contribution in [2.75, 3.05) is 13.1 Å². The van der Waals surface area contributed by atoms with Gasteiger partial charge in [-0.05, 0) is 49.2 Å². The summed E-state index contributed by atoms with van der Waals surface area (Å²) in [5, 5.41) is 14.8. The lowest BCUT2D eigenvalue weighted by atomic mass is 10.1. The number of nitrogens with zero attached hydrogens (tertiary/aromatic N) is 1. The first-order valence-corrected chi connectivity index (χ1v) is 8.99. The second-order valence-electron chi connectivity index (χ2n) is 6.37. The highest BCUT2D eigenvalue weighted by molar-refractivity contribution is 6.27. The molecular weight excluding hydrogens is 346 g/mol. The molecule has 0 bridgehead atoms. The van der Waals surface area contributed by atoms with Gasteiger partial charge < -0.3 is 14.9 Å². The molecule has 0 aromatic heterocycles. The van der Waals surface area contributed by atoms with Crippen LogP contribution in [-0.2, 0) is 22.7 Å². The molecule has 0 amide bonds. The lowest BCUT2D eigenvalue weighted by Gasteiger charge is -2.26. The molecule has 27 heavy (non-hydrogen) atoms. The molecule has 0 atom stereocenters. The molecular formula is C21H25NO5. The number of benzene rings is 2. The van der Waals surface area contributed by atoms with Gasteiger partial charge in [-0.25, -0.2) is 9.59 Å². The Labute approximate surface area is 159 Å².